The Labute approximate surface area is 346 Å². The van der Waals surface area contributed by atoms with Gasteiger partial charge in [0.1, 0.15) is 89.8 Å². The maximum absolute atomic E-state index is 6.53. The third-order valence-corrected chi connectivity index (χ3v) is 18.7. The highest BCUT2D eigenvalue weighted by Crippen LogP contribution is 2.66. The number of hydrogen-bond acceptors (Lipinski definition) is 18. The van der Waals surface area contributed by atoms with E-state index in [2.05, 4.69) is 13.8 Å². The fourth-order valence-electron chi connectivity index (χ4n) is 8.12. The van der Waals surface area contributed by atoms with Crippen LogP contribution < -0.4 is 18.9 Å². The quantitative estimate of drug-likeness (QED) is 0.298. The molecule has 4 atom stereocenters. The maximum Gasteiger partial charge on any atom is 0.177 e. The number of fused-ring (bicyclic) bond motifs is 2. The molecule has 18 heteroatoms. The molecule has 0 bridgehead atoms. The first-order valence-electron chi connectivity index (χ1n) is 18.6. The highest BCUT2D eigenvalue weighted by atomic mass is 32.2. The summed E-state index contributed by atoms with van der Waals surface area (Å²) in [5.74, 6) is 9.54. The Morgan fingerprint density at radius 2 is 0.643 bits per heavy atom. The first kappa shape index (κ1) is 34.8. The van der Waals surface area contributed by atoms with E-state index in [0.717, 1.165) is 108 Å². The first-order chi connectivity index (χ1) is 27.6. The van der Waals surface area contributed by atoms with Crippen molar-refractivity contribution in [3.05, 3.63) is 85.2 Å². The fraction of sp³-hybridized carbons (Fsp3) is 0.474. The summed E-state index contributed by atoms with van der Waals surface area (Å²) in [5.41, 5.74) is 0. The lowest BCUT2D eigenvalue weighted by atomic mass is 10.1. The summed E-state index contributed by atoms with van der Waals surface area (Å²) in [7, 11) is 0. The second-order valence-electron chi connectivity index (χ2n) is 13.7. The van der Waals surface area contributed by atoms with Gasteiger partial charge in [0.25, 0.3) is 0 Å². The summed E-state index contributed by atoms with van der Waals surface area (Å²) in [6, 6.07) is 0. The molecule has 12 nitrogen and oxygen atoms in total. The third-order valence-electron chi connectivity index (χ3n) is 10.4. The smallest absolute Gasteiger partial charge is 0.177 e. The van der Waals surface area contributed by atoms with Crippen molar-refractivity contribution in [3.8, 4) is 23.0 Å². The van der Waals surface area contributed by atoms with Crippen LogP contribution in [0.25, 0.3) is 0 Å². The van der Waals surface area contributed by atoms with E-state index in [1.807, 2.05) is 0 Å². The van der Waals surface area contributed by atoms with E-state index in [-0.39, 0.29) is 21.0 Å². The molecule has 0 aromatic carbocycles. The number of thiophene rings is 2. The minimum Gasteiger partial charge on any atom is -0.489 e. The molecule has 56 heavy (non-hydrogen) atoms. The molecule has 12 heterocycles. The van der Waals surface area contributed by atoms with Gasteiger partial charge in [-0.1, -0.05) is 0 Å². The highest BCUT2D eigenvalue weighted by Gasteiger charge is 2.53. The Bertz CT molecular complexity index is 2110. The van der Waals surface area contributed by atoms with Crippen LogP contribution in [0.3, 0.4) is 0 Å². The van der Waals surface area contributed by atoms with Gasteiger partial charge in [-0.05, 0) is 13.8 Å². The van der Waals surface area contributed by atoms with Crippen LogP contribution in [0.2, 0.25) is 0 Å². The van der Waals surface area contributed by atoms with Crippen molar-refractivity contribution in [1.82, 2.24) is 0 Å². The predicted molar refractivity (Wildman–Crippen MR) is 213 cm³/mol. The first-order valence-corrected chi connectivity index (χ1v) is 23.7. The third kappa shape index (κ3) is 5.27. The molecule has 12 rings (SSSR count). The molecule has 0 aliphatic carbocycles. The highest BCUT2D eigenvalue weighted by molar-refractivity contribution is 8.10. The average molecular weight is 875 g/mol. The zero-order valence-corrected chi connectivity index (χ0v) is 35.0. The molecule has 0 N–H and O–H groups in total. The van der Waals surface area contributed by atoms with Crippen molar-refractivity contribution < 1.29 is 56.8 Å². The number of ether oxygens (including phenoxy) is 12. The van der Waals surface area contributed by atoms with Gasteiger partial charge in [0.05, 0.1) is 39.9 Å². The van der Waals surface area contributed by atoms with Crippen molar-refractivity contribution in [1.29, 1.82) is 0 Å². The zero-order chi connectivity index (χ0) is 37.1. The average Bonchev–Trinajstić information content (AvgIpc) is 4.10. The Balaban J connectivity index is 0.924. The van der Waals surface area contributed by atoms with E-state index in [9.17, 15) is 0 Å². The standard InChI is InChI=1S/C38H34O12S6/c1-15-17-19(41-5-3-39-17)29(51-15)31-21-23(45-9-7-43-21)33(53-31)35-25-27(49-13-11-47-25)37(55-35)38-28-26(48-12-14-50-28)36(56-38)34-24-22(44-8-10-46-24)32(54-34)30-20-18(16(2)52-30)40-4-6-42-20/h31-32,37-38H,3-14H2,1-2H3/b35-33+,36-34+. The molecule has 294 valence electrons. The molecule has 10 aliphatic rings. The molecule has 10 aliphatic heterocycles. The van der Waals surface area contributed by atoms with Gasteiger partial charge < -0.3 is 56.8 Å². The molecule has 0 radical (unpaired) electrons. The topological polar surface area (TPSA) is 111 Å². The molecular weight excluding hydrogens is 841 g/mol. The molecule has 0 spiro atoms. The number of aryl methyl sites for hydroxylation is 2. The van der Waals surface area contributed by atoms with Crippen LogP contribution in [0.5, 0.6) is 23.0 Å². The lowest BCUT2D eigenvalue weighted by molar-refractivity contribution is 0.0568. The second kappa shape index (κ2) is 13.7. The normalized spacial score (nSPS) is 31.2. The monoisotopic (exact) mass is 874 g/mol. The summed E-state index contributed by atoms with van der Waals surface area (Å²) < 4.78 is 76.2. The summed E-state index contributed by atoms with van der Waals surface area (Å²) in [6.45, 7) is 10.00. The van der Waals surface area contributed by atoms with Crippen molar-refractivity contribution in [2.45, 2.75) is 34.8 Å². The van der Waals surface area contributed by atoms with E-state index in [4.69, 9.17) is 56.8 Å². The van der Waals surface area contributed by atoms with E-state index >= 15 is 0 Å². The molecule has 0 saturated carbocycles. The lowest BCUT2D eigenvalue weighted by Gasteiger charge is -2.25. The minimum absolute atomic E-state index is 0.140. The van der Waals surface area contributed by atoms with Crippen LogP contribution in [0, 0.1) is 13.8 Å². The van der Waals surface area contributed by atoms with E-state index < -0.39 is 0 Å². The summed E-state index contributed by atoms with van der Waals surface area (Å²) in [4.78, 5) is 8.27. The Morgan fingerprint density at radius 1 is 0.339 bits per heavy atom. The SMILES string of the molecule is Cc1sc(C2S/C(=C3/SC(C4S/C(=C5/SC(c6sc(C)c7c6OCCO7)C6=C5OCCO6)C5=C4OCCO5)C4=C3OCCO4)C3=C2OCCO3)c2c1OCCO2. The number of hydrogen-bond donors (Lipinski definition) is 0. The van der Waals surface area contributed by atoms with Gasteiger partial charge in [-0.25, -0.2) is 0 Å². The van der Waals surface area contributed by atoms with E-state index in [0.29, 0.717) is 79.3 Å². The Morgan fingerprint density at radius 3 is 1.05 bits per heavy atom. The van der Waals surface area contributed by atoms with Crippen LogP contribution >= 0.6 is 69.7 Å². The molecule has 0 fully saturated rings. The van der Waals surface area contributed by atoms with Gasteiger partial charge in [-0.2, -0.15) is 0 Å². The molecular formula is C38H34O12S6. The van der Waals surface area contributed by atoms with Crippen molar-refractivity contribution in [2.24, 2.45) is 0 Å². The summed E-state index contributed by atoms with van der Waals surface area (Å²) >= 11 is 10.3. The summed E-state index contributed by atoms with van der Waals surface area (Å²) in [5, 5.41) is -0.611. The zero-order valence-electron chi connectivity index (χ0n) is 30.1. The fourth-order valence-corrected chi connectivity index (χ4v) is 16.6. The van der Waals surface area contributed by atoms with Crippen LogP contribution in [-0.2, 0) is 37.9 Å². The number of rotatable bonds is 3. The maximum atomic E-state index is 6.53. The van der Waals surface area contributed by atoms with Gasteiger partial charge in [0, 0.05) is 9.75 Å². The van der Waals surface area contributed by atoms with Crippen LogP contribution in [0.4, 0.5) is 0 Å². The number of thioether (sulfide) groups is 4. The van der Waals surface area contributed by atoms with Crippen LogP contribution in [0.1, 0.15) is 30.0 Å². The van der Waals surface area contributed by atoms with E-state index in [1.54, 1.807) is 69.7 Å². The van der Waals surface area contributed by atoms with Gasteiger partial charge in [0.15, 0.2) is 69.1 Å². The van der Waals surface area contributed by atoms with E-state index in [1.165, 1.54) is 0 Å². The minimum atomic E-state index is -0.166. The van der Waals surface area contributed by atoms with Gasteiger partial charge in [-0.3, -0.25) is 0 Å². The molecule has 2 aromatic rings. The van der Waals surface area contributed by atoms with Crippen molar-refractivity contribution in [3.63, 3.8) is 0 Å². The second-order valence-corrected chi connectivity index (χ2v) is 20.8. The molecule has 0 amide bonds. The molecule has 4 unspecified atom stereocenters. The Hall–Kier alpha value is -3.16. The predicted octanol–water partition coefficient (Wildman–Crippen LogP) is 7.93. The van der Waals surface area contributed by atoms with Gasteiger partial charge >= 0.3 is 0 Å². The lowest BCUT2D eigenvalue weighted by Crippen LogP contribution is -2.27. The largest absolute Gasteiger partial charge is 0.489 e. The van der Waals surface area contributed by atoms with Crippen LogP contribution in [0.15, 0.2) is 65.7 Å². The summed E-state index contributed by atoms with van der Waals surface area (Å²) in [6.07, 6.45) is 0. The molecule has 0 saturated heterocycles. The van der Waals surface area contributed by atoms with Crippen LogP contribution in [-0.4, -0.2) is 89.8 Å². The van der Waals surface area contributed by atoms with Gasteiger partial charge in [0.2, 0.25) is 0 Å². The van der Waals surface area contributed by atoms with Crippen molar-refractivity contribution in [2.75, 3.05) is 79.3 Å². The molecule has 2 aromatic heterocycles. The Kier molecular flexibility index (Phi) is 8.53. The van der Waals surface area contributed by atoms with Gasteiger partial charge in [-0.15, -0.1) is 69.7 Å². The van der Waals surface area contributed by atoms with Crippen molar-refractivity contribution >= 4 is 69.7 Å².